The minimum atomic E-state index is -3.89. The van der Waals surface area contributed by atoms with Crippen molar-refractivity contribution in [2.24, 2.45) is 5.92 Å². The first-order valence-corrected chi connectivity index (χ1v) is 11.9. The van der Waals surface area contributed by atoms with E-state index < -0.39 is 27.9 Å². The Kier molecular flexibility index (Phi) is 6.06. The minimum Gasteiger partial charge on any atom is -0.481 e. The van der Waals surface area contributed by atoms with E-state index in [-0.39, 0.29) is 42.4 Å². The first-order chi connectivity index (χ1) is 15.6. The van der Waals surface area contributed by atoms with Crippen molar-refractivity contribution in [2.75, 3.05) is 13.1 Å². The molecule has 0 spiro atoms. The van der Waals surface area contributed by atoms with Crippen LogP contribution in [0.25, 0.3) is 10.9 Å². The number of rotatable bonds is 7. The van der Waals surface area contributed by atoms with E-state index in [0.717, 1.165) is 0 Å². The van der Waals surface area contributed by atoms with Gasteiger partial charge in [-0.3, -0.25) is 9.48 Å². The number of aromatic nitrogens is 4. The predicted molar refractivity (Wildman–Crippen MR) is 116 cm³/mol. The lowest BCUT2D eigenvalue weighted by atomic mass is 10.1. The highest BCUT2D eigenvalue weighted by atomic mass is 32.2. The third kappa shape index (κ3) is 4.53. The van der Waals surface area contributed by atoms with Crippen LogP contribution in [0.3, 0.4) is 0 Å². The molecule has 1 N–H and O–H groups in total. The van der Waals surface area contributed by atoms with Crippen molar-refractivity contribution < 1.29 is 27.4 Å². The second-order valence-corrected chi connectivity index (χ2v) is 10.3. The molecule has 3 aromatic rings. The Morgan fingerprint density at radius 2 is 1.97 bits per heavy atom. The highest BCUT2D eigenvalue weighted by Gasteiger charge is 2.39. The zero-order valence-corrected chi connectivity index (χ0v) is 19.2. The van der Waals surface area contributed by atoms with E-state index in [1.807, 2.05) is 20.8 Å². The van der Waals surface area contributed by atoms with Crippen molar-refractivity contribution in [3.63, 3.8) is 0 Å². The molecule has 33 heavy (non-hydrogen) atoms. The normalized spacial score (nSPS) is 19.4. The molecule has 0 saturated carbocycles. The molecular weight excluding hydrogens is 453 g/mol. The quantitative estimate of drug-likeness (QED) is 0.549. The third-order valence-corrected chi connectivity index (χ3v) is 7.29. The molecule has 176 valence electrons. The van der Waals surface area contributed by atoms with E-state index in [1.54, 1.807) is 4.68 Å². The summed E-state index contributed by atoms with van der Waals surface area (Å²) in [7, 11) is -3.89. The van der Waals surface area contributed by atoms with Crippen molar-refractivity contribution in [1.29, 1.82) is 0 Å². The van der Waals surface area contributed by atoms with Gasteiger partial charge in [0.15, 0.2) is 0 Å². The maximum atomic E-state index is 14.0. The van der Waals surface area contributed by atoms with Crippen LogP contribution >= 0.6 is 0 Å². The van der Waals surface area contributed by atoms with Crippen LogP contribution in [0.15, 0.2) is 35.5 Å². The molecular formula is C21H24FN5O5S. The molecule has 0 radical (unpaired) electrons. The van der Waals surface area contributed by atoms with Crippen LogP contribution in [-0.2, 0) is 21.2 Å². The zero-order valence-electron chi connectivity index (χ0n) is 18.3. The molecule has 0 aliphatic carbocycles. The number of carboxylic acids is 1. The molecule has 10 nitrogen and oxygen atoms in total. The third-order valence-electron chi connectivity index (χ3n) is 5.50. The SMILES string of the molecule is CC(C)Oc1ncc(S(=O)(=O)N2C[C@@H](C)[C@@H](n3nc(CC(=O)O)c4ccc(F)cc43)C2)cn1. The summed E-state index contributed by atoms with van der Waals surface area (Å²) in [5.74, 6) is -1.70. The van der Waals surface area contributed by atoms with Gasteiger partial charge >= 0.3 is 12.0 Å². The highest BCUT2D eigenvalue weighted by Crippen LogP contribution is 2.34. The molecule has 1 aliphatic heterocycles. The van der Waals surface area contributed by atoms with Gasteiger partial charge in [-0.05, 0) is 38.0 Å². The number of halogens is 1. The summed E-state index contributed by atoms with van der Waals surface area (Å²) in [6.45, 7) is 5.80. The first-order valence-electron chi connectivity index (χ1n) is 10.4. The fourth-order valence-electron chi connectivity index (χ4n) is 3.98. The number of hydrogen-bond acceptors (Lipinski definition) is 7. The van der Waals surface area contributed by atoms with Crippen LogP contribution in [0, 0.1) is 11.7 Å². The minimum absolute atomic E-state index is 0.0607. The van der Waals surface area contributed by atoms with Crippen molar-refractivity contribution in [2.45, 2.75) is 44.2 Å². The number of ether oxygens (including phenoxy) is 1. The lowest BCUT2D eigenvalue weighted by Crippen LogP contribution is -2.29. The number of benzene rings is 1. The van der Waals surface area contributed by atoms with Gasteiger partial charge in [0, 0.05) is 18.5 Å². The molecule has 1 aliphatic rings. The van der Waals surface area contributed by atoms with Gasteiger partial charge in [0.25, 0.3) is 0 Å². The van der Waals surface area contributed by atoms with Crippen LogP contribution in [0.2, 0.25) is 0 Å². The van der Waals surface area contributed by atoms with Crippen LogP contribution in [-0.4, -0.2) is 62.7 Å². The molecule has 3 heterocycles. The monoisotopic (exact) mass is 477 g/mol. The Morgan fingerprint density at radius 3 is 2.61 bits per heavy atom. The summed E-state index contributed by atoms with van der Waals surface area (Å²) in [5, 5.41) is 14.2. The maximum absolute atomic E-state index is 14.0. The van der Waals surface area contributed by atoms with Crippen molar-refractivity contribution in [3.8, 4) is 6.01 Å². The predicted octanol–water partition coefficient (Wildman–Crippen LogP) is 2.26. The Bertz CT molecular complexity index is 1290. The number of sulfonamides is 1. The summed E-state index contributed by atoms with van der Waals surface area (Å²) in [4.78, 5) is 19.2. The number of aliphatic carboxylic acids is 1. The molecule has 2 atom stereocenters. The molecule has 1 aromatic carbocycles. The van der Waals surface area contributed by atoms with Gasteiger partial charge < -0.3 is 9.84 Å². The van der Waals surface area contributed by atoms with Crippen LogP contribution in [0.1, 0.15) is 32.5 Å². The summed E-state index contributed by atoms with van der Waals surface area (Å²) in [6.07, 6.45) is 1.96. The molecule has 12 heteroatoms. The Morgan fingerprint density at radius 1 is 1.27 bits per heavy atom. The Hall–Kier alpha value is -3.12. The number of fused-ring (bicyclic) bond motifs is 1. The Balaban J connectivity index is 1.64. The number of carboxylic acid groups (broad SMARTS) is 1. The molecule has 0 amide bonds. The maximum Gasteiger partial charge on any atom is 0.316 e. The highest BCUT2D eigenvalue weighted by molar-refractivity contribution is 7.89. The Labute approximate surface area is 190 Å². The van der Waals surface area contributed by atoms with E-state index in [0.29, 0.717) is 16.6 Å². The van der Waals surface area contributed by atoms with E-state index in [4.69, 9.17) is 4.74 Å². The smallest absolute Gasteiger partial charge is 0.316 e. The van der Waals surface area contributed by atoms with E-state index >= 15 is 0 Å². The summed E-state index contributed by atoms with van der Waals surface area (Å²) < 4.78 is 48.6. The van der Waals surface area contributed by atoms with Gasteiger partial charge in [0.2, 0.25) is 10.0 Å². The van der Waals surface area contributed by atoms with E-state index in [9.17, 15) is 22.7 Å². The van der Waals surface area contributed by atoms with Gasteiger partial charge in [0.1, 0.15) is 10.7 Å². The van der Waals surface area contributed by atoms with Crippen LogP contribution < -0.4 is 4.74 Å². The van der Waals surface area contributed by atoms with E-state index in [2.05, 4.69) is 15.1 Å². The summed E-state index contributed by atoms with van der Waals surface area (Å²) >= 11 is 0. The number of hydrogen-bond donors (Lipinski definition) is 1. The standard InChI is InChI=1S/C21H24FN5O5S/c1-12(2)32-21-23-8-15(9-24-21)33(30,31)26-10-13(3)19(11-26)27-18-6-14(22)4-5-16(18)17(25-27)7-20(28)29/h4-6,8-9,12-13,19H,7,10-11H2,1-3H3,(H,28,29)/t13-,19+/m1/s1. The van der Waals surface area contributed by atoms with Crippen molar-refractivity contribution in [3.05, 3.63) is 42.1 Å². The van der Waals surface area contributed by atoms with Gasteiger partial charge in [0.05, 0.1) is 42.2 Å². The first kappa shape index (κ1) is 23.1. The largest absolute Gasteiger partial charge is 0.481 e. The van der Waals surface area contributed by atoms with Crippen LogP contribution in [0.4, 0.5) is 4.39 Å². The molecule has 4 rings (SSSR count). The lowest BCUT2D eigenvalue weighted by Gasteiger charge is -2.17. The van der Waals surface area contributed by atoms with Gasteiger partial charge in [-0.2, -0.15) is 9.40 Å². The molecule has 1 saturated heterocycles. The molecule has 0 bridgehead atoms. The molecule has 0 unspecified atom stereocenters. The zero-order chi connectivity index (χ0) is 23.9. The van der Waals surface area contributed by atoms with Gasteiger partial charge in [-0.15, -0.1) is 0 Å². The molecule has 2 aromatic heterocycles. The second-order valence-electron chi connectivity index (χ2n) is 8.36. The molecule has 1 fully saturated rings. The van der Waals surface area contributed by atoms with Crippen molar-refractivity contribution >= 4 is 26.9 Å². The average molecular weight is 478 g/mol. The van der Waals surface area contributed by atoms with Crippen LogP contribution in [0.5, 0.6) is 6.01 Å². The van der Waals surface area contributed by atoms with Crippen molar-refractivity contribution in [1.82, 2.24) is 24.1 Å². The van der Waals surface area contributed by atoms with Gasteiger partial charge in [-0.1, -0.05) is 6.92 Å². The fraction of sp³-hybridized carbons (Fsp3) is 0.429. The van der Waals surface area contributed by atoms with Gasteiger partial charge in [-0.25, -0.2) is 22.8 Å². The fourth-order valence-corrected chi connectivity index (χ4v) is 5.43. The number of carbonyl (C=O) groups is 1. The summed E-state index contributed by atoms with van der Waals surface area (Å²) in [6, 6.07) is 3.72. The second kappa shape index (κ2) is 8.67. The lowest BCUT2D eigenvalue weighted by molar-refractivity contribution is -0.136. The number of nitrogens with zero attached hydrogens (tertiary/aromatic N) is 5. The average Bonchev–Trinajstić information content (AvgIpc) is 3.28. The topological polar surface area (TPSA) is 128 Å². The summed E-state index contributed by atoms with van der Waals surface area (Å²) in [5.41, 5.74) is 0.737. The van der Waals surface area contributed by atoms with E-state index in [1.165, 1.54) is 34.9 Å².